The molecule has 0 amide bonds. The van der Waals surface area contributed by atoms with E-state index in [-0.39, 0.29) is 0 Å². The quantitative estimate of drug-likeness (QED) is 0.733. The molecule has 1 aliphatic rings. The van der Waals surface area contributed by atoms with Crippen LogP contribution in [0, 0.1) is 0 Å². The van der Waals surface area contributed by atoms with Crippen LogP contribution in [0.4, 0.5) is 11.8 Å². The highest BCUT2D eigenvalue weighted by atomic mass is 15.1. The zero-order valence-corrected chi connectivity index (χ0v) is 14.8. The first-order valence-electron chi connectivity index (χ1n) is 9.23. The molecule has 2 atom stereocenters. The van der Waals surface area contributed by atoms with Crippen molar-refractivity contribution in [2.75, 3.05) is 23.7 Å². The van der Waals surface area contributed by atoms with Gasteiger partial charge in [0, 0.05) is 25.1 Å². The summed E-state index contributed by atoms with van der Waals surface area (Å²) in [6, 6.07) is 13.0. The molecule has 4 heteroatoms. The lowest BCUT2D eigenvalue weighted by Crippen LogP contribution is -2.23. The Labute approximate surface area is 145 Å². The molecule has 4 nitrogen and oxygen atoms in total. The van der Waals surface area contributed by atoms with Crippen LogP contribution < -0.4 is 10.6 Å². The summed E-state index contributed by atoms with van der Waals surface area (Å²) in [5.74, 6) is 2.78. The summed E-state index contributed by atoms with van der Waals surface area (Å²) >= 11 is 0. The van der Waals surface area contributed by atoms with Crippen LogP contribution in [-0.4, -0.2) is 23.1 Å². The minimum Gasteiger partial charge on any atom is -0.370 e. The molecule has 1 saturated carbocycles. The molecule has 0 spiro atoms. The Kier molecular flexibility index (Phi) is 5.68. The Morgan fingerprint density at radius 2 is 1.62 bits per heavy atom. The van der Waals surface area contributed by atoms with Gasteiger partial charge in [-0.3, -0.25) is 0 Å². The van der Waals surface area contributed by atoms with E-state index < -0.39 is 0 Å². The van der Waals surface area contributed by atoms with Gasteiger partial charge in [-0.05, 0) is 37.2 Å². The Hall–Kier alpha value is -2.10. The second-order valence-corrected chi connectivity index (χ2v) is 6.56. The number of nitrogens with one attached hydrogen (secondary N) is 2. The standard InChI is InChI=1S/C20H28N4/c1-3-12-21-19-14-18(23-20(24-19)22-13-4-2)17-11-10-16(17)15-8-6-5-7-9-15/h5-9,14,16-17H,3-4,10-13H2,1-2H3,(H2,21,22,23,24). The van der Waals surface area contributed by atoms with E-state index in [2.05, 4.69) is 65.9 Å². The Balaban J connectivity index is 1.82. The molecule has 1 aromatic heterocycles. The maximum Gasteiger partial charge on any atom is 0.224 e. The average molecular weight is 324 g/mol. The van der Waals surface area contributed by atoms with Crippen molar-refractivity contribution >= 4 is 11.8 Å². The number of anilines is 2. The van der Waals surface area contributed by atoms with Gasteiger partial charge in [0.1, 0.15) is 5.82 Å². The smallest absolute Gasteiger partial charge is 0.224 e. The van der Waals surface area contributed by atoms with Crippen molar-refractivity contribution in [3.8, 4) is 0 Å². The van der Waals surface area contributed by atoms with Crippen molar-refractivity contribution in [2.45, 2.75) is 51.4 Å². The highest BCUT2D eigenvalue weighted by Gasteiger charge is 2.34. The second kappa shape index (κ2) is 8.13. The van der Waals surface area contributed by atoms with E-state index in [0.717, 1.165) is 37.7 Å². The van der Waals surface area contributed by atoms with Gasteiger partial charge < -0.3 is 10.6 Å². The number of aromatic nitrogens is 2. The molecule has 1 aromatic carbocycles. The second-order valence-electron chi connectivity index (χ2n) is 6.56. The Bertz CT molecular complexity index is 615. The summed E-state index contributed by atoms with van der Waals surface area (Å²) in [7, 11) is 0. The fourth-order valence-electron chi connectivity index (χ4n) is 3.27. The van der Waals surface area contributed by atoms with Gasteiger partial charge in [0.25, 0.3) is 0 Å². The lowest BCUT2D eigenvalue weighted by atomic mass is 9.68. The lowest BCUT2D eigenvalue weighted by Gasteiger charge is -2.37. The van der Waals surface area contributed by atoms with E-state index in [4.69, 9.17) is 4.98 Å². The van der Waals surface area contributed by atoms with Crippen molar-refractivity contribution in [3.63, 3.8) is 0 Å². The summed E-state index contributed by atoms with van der Waals surface area (Å²) in [6.45, 7) is 6.17. The third-order valence-electron chi connectivity index (χ3n) is 4.72. The maximum absolute atomic E-state index is 4.81. The summed E-state index contributed by atoms with van der Waals surface area (Å²) in [4.78, 5) is 9.43. The van der Waals surface area contributed by atoms with Gasteiger partial charge in [-0.2, -0.15) is 4.98 Å². The average Bonchev–Trinajstić information content (AvgIpc) is 2.58. The van der Waals surface area contributed by atoms with Gasteiger partial charge in [0.2, 0.25) is 5.95 Å². The van der Waals surface area contributed by atoms with Gasteiger partial charge in [-0.15, -0.1) is 0 Å². The Morgan fingerprint density at radius 1 is 0.917 bits per heavy atom. The highest BCUT2D eigenvalue weighted by molar-refractivity contribution is 5.44. The molecule has 1 fully saturated rings. The van der Waals surface area contributed by atoms with Crippen LogP contribution in [0.1, 0.15) is 62.6 Å². The molecular weight excluding hydrogens is 296 g/mol. The SMILES string of the molecule is CCCNc1cc(C2CCC2c2ccccc2)nc(NCCC)n1. The van der Waals surface area contributed by atoms with Crippen molar-refractivity contribution in [3.05, 3.63) is 47.7 Å². The molecule has 1 aliphatic carbocycles. The van der Waals surface area contributed by atoms with Crippen LogP contribution in [0.5, 0.6) is 0 Å². The van der Waals surface area contributed by atoms with E-state index in [9.17, 15) is 0 Å². The zero-order valence-electron chi connectivity index (χ0n) is 14.8. The van der Waals surface area contributed by atoms with Gasteiger partial charge in [-0.1, -0.05) is 44.2 Å². The van der Waals surface area contributed by atoms with Gasteiger partial charge in [-0.25, -0.2) is 4.98 Å². The molecule has 2 unspecified atom stereocenters. The third kappa shape index (κ3) is 3.86. The predicted molar refractivity (Wildman–Crippen MR) is 101 cm³/mol. The van der Waals surface area contributed by atoms with Gasteiger partial charge in [0.15, 0.2) is 0 Å². The Morgan fingerprint density at radius 3 is 2.29 bits per heavy atom. The molecule has 128 valence electrons. The molecule has 0 aliphatic heterocycles. The zero-order chi connectivity index (χ0) is 16.8. The maximum atomic E-state index is 4.81. The van der Waals surface area contributed by atoms with Crippen molar-refractivity contribution in [2.24, 2.45) is 0 Å². The van der Waals surface area contributed by atoms with E-state index in [1.165, 1.54) is 24.1 Å². The number of hydrogen-bond acceptors (Lipinski definition) is 4. The summed E-state index contributed by atoms with van der Waals surface area (Å²) in [6.07, 6.45) is 4.61. The topological polar surface area (TPSA) is 49.8 Å². The number of rotatable bonds is 8. The van der Waals surface area contributed by atoms with Crippen molar-refractivity contribution < 1.29 is 0 Å². The third-order valence-corrected chi connectivity index (χ3v) is 4.72. The normalized spacial score (nSPS) is 19.6. The van der Waals surface area contributed by atoms with E-state index >= 15 is 0 Å². The van der Waals surface area contributed by atoms with E-state index in [0.29, 0.717) is 11.8 Å². The molecule has 24 heavy (non-hydrogen) atoms. The first kappa shape index (κ1) is 16.7. The summed E-state index contributed by atoms with van der Waals surface area (Å²) in [5, 5.41) is 6.77. The first-order valence-corrected chi connectivity index (χ1v) is 9.23. The van der Waals surface area contributed by atoms with Crippen LogP contribution in [0.15, 0.2) is 36.4 Å². The predicted octanol–water partition coefficient (Wildman–Crippen LogP) is 4.78. The monoisotopic (exact) mass is 324 g/mol. The first-order chi connectivity index (χ1) is 11.8. The minimum atomic E-state index is 0.500. The van der Waals surface area contributed by atoms with Crippen LogP contribution in [-0.2, 0) is 0 Å². The van der Waals surface area contributed by atoms with Crippen LogP contribution >= 0.6 is 0 Å². The lowest BCUT2D eigenvalue weighted by molar-refractivity contribution is 0.340. The van der Waals surface area contributed by atoms with Crippen LogP contribution in [0.2, 0.25) is 0 Å². The molecule has 2 N–H and O–H groups in total. The van der Waals surface area contributed by atoms with E-state index in [1.807, 2.05) is 0 Å². The fourth-order valence-corrected chi connectivity index (χ4v) is 3.27. The molecule has 0 radical (unpaired) electrons. The summed E-state index contributed by atoms with van der Waals surface area (Å²) < 4.78 is 0. The fraction of sp³-hybridized carbons (Fsp3) is 0.500. The molecule has 1 heterocycles. The number of hydrogen-bond donors (Lipinski definition) is 2. The highest BCUT2D eigenvalue weighted by Crippen LogP contribution is 2.48. The van der Waals surface area contributed by atoms with Gasteiger partial charge in [0.05, 0.1) is 5.69 Å². The van der Waals surface area contributed by atoms with E-state index in [1.54, 1.807) is 0 Å². The van der Waals surface area contributed by atoms with Crippen molar-refractivity contribution in [1.82, 2.24) is 9.97 Å². The molecular formula is C20H28N4. The molecule has 0 saturated heterocycles. The largest absolute Gasteiger partial charge is 0.370 e. The number of benzene rings is 1. The van der Waals surface area contributed by atoms with Crippen molar-refractivity contribution in [1.29, 1.82) is 0 Å². The minimum absolute atomic E-state index is 0.500. The van der Waals surface area contributed by atoms with Crippen LogP contribution in [0.3, 0.4) is 0 Å². The van der Waals surface area contributed by atoms with Gasteiger partial charge >= 0.3 is 0 Å². The molecule has 3 rings (SSSR count). The molecule has 0 bridgehead atoms. The number of nitrogens with zero attached hydrogens (tertiary/aromatic N) is 2. The summed E-state index contributed by atoms with van der Waals surface area (Å²) in [5.41, 5.74) is 2.60. The van der Waals surface area contributed by atoms with Crippen LogP contribution in [0.25, 0.3) is 0 Å². The molecule has 2 aromatic rings.